The van der Waals surface area contributed by atoms with Gasteiger partial charge in [-0.15, -0.1) is 0 Å². The molecule has 0 saturated heterocycles. The lowest BCUT2D eigenvalue weighted by atomic mass is 9.89. The third kappa shape index (κ3) is 3.99. The predicted molar refractivity (Wildman–Crippen MR) is 65.2 cm³/mol. The van der Waals surface area contributed by atoms with Gasteiger partial charge in [-0.25, -0.2) is 0 Å². The van der Waals surface area contributed by atoms with Crippen molar-refractivity contribution in [2.24, 2.45) is 5.41 Å². The van der Waals surface area contributed by atoms with Crippen molar-refractivity contribution >= 4 is 0 Å². The van der Waals surface area contributed by atoms with Crippen LogP contribution in [-0.2, 0) is 0 Å². The van der Waals surface area contributed by atoms with Gasteiger partial charge in [0, 0.05) is 13.2 Å². The first-order valence-corrected chi connectivity index (χ1v) is 5.96. The molecule has 16 heavy (non-hydrogen) atoms. The molecule has 0 bridgehead atoms. The zero-order valence-corrected chi connectivity index (χ0v) is 10.5. The molecule has 1 rings (SSSR count). The van der Waals surface area contributed by atoms with E-state index in [1.807, 2.05) is 12.1 Å². The standard InChI is InChI=1S/C13H23NO2/c1-4-11(12-6-5-9-16-12)14-10-13(2,3)7-8-15/h5-6,9,11,14-15H,4,7-8,10H2,1-3H3. The van der Waals surface area contributed by atoms with E-state index in [2.05, 4.69) is 26.1 Å². The van der Waals surface area contributed by atoms with Gasteiger partial charge in [0.05, 0.1) is 12.3 Å². The normalized spacial score (nSPS) is 14.0. The fourth-order valence-electron chi connectivity index (χ4n) is 1.73. The Morgan fingerprint density at radius 1 is 1.50 bits per heavy atom. The maximum atomic E-state index is 8.96. The number of hydrogen-bond donors (Lipinski definition) is 2. The summed E-state index contributed by atoms with van der Waals surface area (Å²) in [4.78, 5) is 0. The molecule has 3 heteroatoms. The number of aliphatic hydroxyl groups is 1. The van der Waals surface area contributed by atoms with Crippen molar-refractivity contribution in [3.63, 3.8) is 0 Å². The fourth-order valence-corrected chi connectivity index (χ4v) is 1.73. The largest absolute Gasteiger partial charge is 0.468 e. The number of hydrogen-bond acceptors (Lipinski definition) is 3. The Bertz CT molecular complexity index is 280. The van der Waals surface area contributed by atoms with Gasteiger partial charge in [0.25, 0.3) is 0 Å². The van der Waals surface area contributed by atoms with Crippen LogP contribution in [-0.4, -0.2) is 18.3 Å². The molecule has 0 radical (unpaired) electrons. The van der Waals surface area contributed by atoms with Crippen molar-refractivity contribution in [3.8, 4) is 0 Å². The molecule has 1 unspecified atom stereocenters. The molecule has 0 amide bonds. The highest BCUT2D eigenvalue weighted by molar-refractivity contribution is 5.04. The van der Waals surface area contributed by atoms with Gasteiger partial charge in [0.2, 0.25) is 0 Å². The molecule has 2 N–H and O–H groups in total. The summed E-state index contributed by atoms with van der Waals surface area (Å²) in [6.07, 6.45) is 3.52. The lowest BCUT2D eigenvalue weighted by molar-refractivity contribution is 0.200. The van der Waals surface area contributed by atoms with E-state index in [-0.39, 0.29) is 18.1 Å². The van der Waals surface area contributed by atoms with Crippen molar-refractivity contribution in [2.45, 2.75) is 39.7 Å². The van der Waals surface area contributed by atoms with Crippen molar-refractivity contribution in [2.75, 3.05) is 13.2 Å². The second-order valence-corrected chi connectivity index (χ2v) is 4.99. The maximum Gasteiger partial charge on any atom is 0.120 e. The lowest BCUT2D eigenvalue weighted by Crippen LogP contribution is -2.32. The molecular formula is C13H23NO2. The summed E-state index contributed by atoms with van der Waals surface area (Å²) in [5.41, 5.74) is 0.120. The topological polar surface area (TPSA) is 45.4 Å². The van der Waals surface area contributed by atoms with Gasteiger partial charge in [-0.3, -0.25) is 0 Å². The van der Waals surface area contributed by atoms with E-state index in [4.69, 9.17) is 9.52 Å². The molecule has 1 atom stereocenters. The van der Waals surface area contributed by atoms with E-state index in [1.54, 1.807) is 6.26 Å². The second-order valence-electron chi connectivity index (χ2n) is 4.99. The second kappa shape index (κ2) is 6.06. The predicted octanol–water partition coefficient (Wildman–Crippen LogP) is 2.73. The van der Waals surface area contributed by atoms with Gasteiger partial charge in [-0.05, 0) is 30.4 Å². The zero-order chi connectivity index (χ0) is 12.0. The minimum atomic E-state index is 0.120. The molecular weight excluding hydrogens is 202 g/mol. The van der Waals surface area contributed by atoms with E-state index in [0.29, 0.717) is 0 Å². The van der Waals surface area contributed by atoms with Crippen LogP contribution < -0.4 is 5.32 Å². The highest BCUT2D eigenvalue weighted by Gasteiger charge is 2.20. The lowest BCUT2D eigenvalue weighted by Gasteiger charge is -2.26. The van der Waals surface area contributed by atoms with E-state index < -0.39 is 0 Å². The Morgan fingerprint density at radius 2 is 2.25 bits per heavy atom. The van der Waals surface area contributed by atoms with Crippen molar-refractivity contribution < 1.29 is 9.52 Å². The van der Waals surface area contributed by atoms with Crippen LogP contribution in [0.3, 0.4) is 0 Å². The molecule has 0 aliphatic rings. The van der Waals surface area contributed by atoms with E-state index >= 15 is 0 Å². The molecule has 1 aromatic heterocycles. The average molecular weight is 225 g/mol. The maximum absolute atomic E-state index is 8.96. The molecule has 0 spiro atoms. The molecule has 92 valence electrons. The van der Waals surface area contributed by atoms with Crippen LogP contribution in [0.25, 0.3) is 0 Å². The molecule has 0 aliphatic heterocycles. The monoisotopic (exact) mass is 225 g/mol. The molecule has 3 nitrogen and oxygen atoms in total. The third-order valence-corrected chi connectivity index (χ3v) is 2.91. The molecule has 1 heterocycles. The summed E-state index contributed by atoms with van der Waals surface area (Å²) in [5.74, 6) is 0.988. The summed E-state index contributed by atoms with van der Waals surface area (Å²) in [6, 6.07) is 4.19. The van der Waals surface area contributed by atoms with E-state index in [9.17, 15) is 0 Å². The Morgan fingerprint density at radius 3 is 2.75 bits per heavy atom. The SMILES string of the molecule is CCC(NCC(C)(C)CCO)c1ccco1. The van der Waals surface area contributed by atoms with Gasteiger partial charge in [0.15, 0.2) is 0 Å². The molecule has 1 aromatic rings. The first kappa shape index (κ1) is 13.3. The highest BCUT2D eigenvalue weighted by atomic mass is 16.3. The van der Waals surface area contributed by atoms with Crippen LogP contribution in [0.2, 0.25) is 0 Å². The highest BCUT2D eigenvalue weighted by Crippen LogP contribution is 2.22. The number of aliphatic hydroxyl groups excluding tert-OH is 1. The molecule has 0 aromatic carbocycles. The first-order chi connectivity index (χ1) is 7.59. The average Bonchev–Trinajstić information content (AvgIpc) is 2.72. The third-order valence-electron chi connectivity index (χ3n) is 2.91. The summed E-state index contributed by atoms with van der Waals surface area (Å²) in [5, 5.41) is 12.5. The van der Waals surface area contributed by atoms with Crippen molar-refractivity contribution in [1.82, 2.24) is 5.32 Å². The summed E-state index contributed by atoms with van der Waals surface area (Å²) < 4.78 is 5.40. The van der Waals surface area contributed by atoms with Gasteiger partial charge in [0.1, 0.15) is 5.76 Å². The summed E-state index contributed by atoms with van der Waals surface area (Å²) >= 11 is 0. The number of nitrogens with one attached hydrogen (secondary N) is 1. The van der Waals surface area contributed by atoms with E-state index in [0.717, 1.165) is 25.1 Å². The molecule has 0 aliphatic carbocycles. The smallest absolute Gasteiger partial charge is 0.120 e. The van der Waals surface area contributed by atoms with Crippen LogP contribution in [0.15, 0.2) is 22.8 Å². The minimum Gasteiger partial charge on any atom is -0.468 e. The minimum absolute atomic E-state index is 0.120. The van der Waals surface area contributed by atoms with Crippen LogP contribution >= 0.6 is 0 Å². The van der Waals surface area contributed by atoms with E-state index in [1.165, 1.54) is 0 Å². The van der Waals surface area contributed by atoms with Crippen LogP contribution in [0.5, 0.6) is 0 Å². The Hall–Kier alpha value is -0.800. The molecule has 0 saturated carbocycles. The summed E-state index contributed by atoms with van der Waals surface area (Å²) in [7, 11) is 0. The Labute approximate surface area is 97.9 Å². The van der Waals surface area contributed by atoms with Gasteiger partial charge >= 0.3 is 0 Å². The zero-order valence-electron chi connectivity index (χ0n) is 10.5. The number of furan rings is 1. The first-order valence-electron chi connectivity index (χ1n) is 5.96. The van der Waals surface area contributed by atoms with Crippen LogP contribution in [0, 0.1) is 5.41 Å². The van der Waals surface area contributed by atoms with Crippen LogP contribution in [0.4, 0.5) is 0 Å². The Balaban J connectivity index is 2.46. The van der Waals surface area contributed by atoms with Gasteiger partial charge in [-0.1, -0.05) is 20.8 Å². The van der Waals surface area contributed by atoms with Gasteiger partial charge in [-0.2, -0.15) is 0 Å². The molecule has 0 fully saturated rings. The Kier molecular flexibility index (Phi) is 5.03. The van der Waals surface area contributed by atoms with Crippen LogP contribution in [0.1, 0.15) is 45.4 Å². The fraction of sp³-hybridized carbons (Fsp3) is 0.692. The van der Waals surface area contributed by atoms with Crippen molar-refractivity contribution in [1.29, 1.82) is 0 Å². The quantitative estimate of drug-likeness (QED) is 0.750. The summed E-state index contributed by atoms with van der Waals surface area (Å²) in [6.45, 7) is 7.58. The number of rotatable bonds is 7. The van der Waals surface area contributed by atoms with Gasteiger partial charge < -0.3 is 14.8 Å². The van der Waals surface area contributed by atoms with Crippen molar-refractivity contribution in [3.05, 3.63) is 24.2 Å².